The van der Waals surface area contributed by atoms with Crippen molar-refractivity contribution in [2.45, 2.75) is 24.8 Å². The first kappa shape index (κ1) is 14.6. The van der Waals surface area contributed by atoms with Gasteiger partial charge < -0.3 is 5.11 Å². The summed E-state index contributed by atoms with van der Waals surface area (Å²) < 4.78 is 27.4. The zero-order chi connectivity index (χ0) is 15.0. The first-order chi connectivity index (χ1) is 10.0. The Kier molecular flexibility index (Phi) is 3.77. The van der Waals surface area contributed by atoms with Crippen molar-refractivity contribution in [2.24, 2.45) is 5.92 Å². The van der Waals surface area contributed by atoms with Gasteiger partial charge in [-0.1, -0.05) is 25.1 Å². The zero-order valence-corrected chi connectivity index (χ0v) is 13.3. The van der Waals surface area contributed by atoms with E-state index in [9.17, 15) is 13.5 Å². The molecule has 1 N–H and O–H groups in total. The fraction of sp³-hybridized carbons (Fsp3) is 0.333. The van der Waals surface area contributed by atoms with Crippen LogP contribution in [0, 0.1) is 5.92 Å². The summed E-state index contributed by atoms with van der Waals surface area (Å²) in [4.78, 5) is 0.713. The molecule has 0 radical (unpaired) electrons. The molecule has 21 heavy (non-hydrogen) atoms. The number of aliphatic hydroxyl groups is 1. The predicted octanol–water partition coefficient (Wildman–Crippen LogP) is 2.63. The summed E-state index contributed by atoms with van der Waals surface area (Å²) in [5.41, 5.74) is 1.81. The first-order valence-electron chi connectivity index (χ1n) is 6.82. The number of hydrogen-bond donors (Lipinski definition) is 1. The average molecular weight is 323 g/mol. The van der Waals surface area contributed by atoms with Crippen LogP contribution in [0.1, 0.15) is 17.4 Å². The molecule has 0 aliphatic carbocycles. The van der Waals surface area contributed by atoms with Gasteiger partial charge in [0.05, 0.1) is 17.2 Å². The van der Waals surface area contributed by atoms with Gasteiger partial charge in [-0.25, -0.2) is 8.42 Å². The molecule has 1 atom stereocenters. The van der Waals surface area contributed by atoms with Gasteiger partial charge >= 0.3 is 0 Å². The maximum atomic E-state index is 13.0. The molecule has 4 nitrogen and oxygen atoms in total. The van der Waals surface area contributed by atoms with Crippen molar-refractivity contribution in [2.75, 3.05) is 10.8 Å². The largest absolute Gasteiger partial charge is 0.391 e. The molecule has 1 aromatic carbocycles. The number of para-hydroxylation sites is 1. The second-order valence-corrected chi connectivity index (χ2v) is 8.17. The van der Waals surface area contributed by atoms with E-state index in [2.05, 4.69) is 6.92 Å². The number of hydrogen-bond acceptors (Lipinski definition) is 4. The highest BCUT2D eigenvalue weighted by molar-refractivity contribution is 7.93. The Bertz CT molecular complexity index is 752. The number of aliphatic hydroxyl groups excluding tert-OH is 1. The number of fused-ring (bicyclic) bond motifs is 1. The van der Waals surface area contributed by atoms with Crippen molar-refractivity contribution in [3.63, 3.8) is 0 Å². The highest BCUT2D eigenvalue weighted by Gasteiger charge is 2.33. The molecule has 3 rings (SSSR count). The Morgan fingerprint density at radius 2 is 2.10 bits per heavy atom. The number of benzene rings is 1. The van der Waals surface area contributed by atoms with Crippen molar-refractivity contribution in [1.29, 1.82) is 0 Å². The molecular weight excluding hydrogens is 306 g/mol. The summed E-state index contributed by atoms with van der Waals surface area (Å²) in [6.45, 7) is 2.27. The second-order valence-electron chi connectivity index (χ2n) is 5.34. The third-order valence-electron chi connectivity index (χ3n) is 3.72. The molecule has 6 heteroatoms. The molecular formula is C15H17NO3S2. The number of nitrogens with zero attached hydrogens (tertiary/aromatic N) is 1. The van der Waals surface area contributed by atoms with Gasteiger partial charge in [-0.3, -0.25) is 4.31 Å². The highest BCUT2D eigenvalue weighted by atomic mass is 32.2. The van der Waals surface area contributed by atoms with Crippen LogP contribution in [0.2, 0.25) is 0 Å². The van der Waals surface area contributed by atoms with Gasteiger partial charge in [0.25, 0.3) is 10.0 Å². The van der Waals surface area contributed by atoms with E-state index in [4.69, 9.17) is 0 Å². The number of thiophene rings is 1. The predicted molar refractivity (Wildman–Crippen MR) is 84.1 cm³/mol. The van der Waals surface area contributed by atoms with Crippen LogP contribution >= 0.6 is 11.3 Å². The van der Waals surface area contributed by atoms with E-state index in [0.717, 1.165) is 17.7 Å². The molecule has 1 unspecified atom stereocenters. The fourth-order valence-corrected chi connectivity index (χ4v) is 5.66. The van der Waals surface area contributed by atoms with Gasteiger partial charge in [0.1, 0.15) is 4.90 Å². The van der Waals surface area contributed by atoms with Gasteiger partial charge in [-0.2, -0.15) is 0 Å². The smallest absolute Gasteiger partial charge is 0.265 e. The Labute approximate surface area is 128 Å². The maximum Gasteiger partial charge on any atom is 0.265 e. The lowest BCUT2D eigenvalue weighted by molar-refractivity contribution is 0.282. The first-order valence-corrected chi connectivity index (χ1v) is 9.14. The highest BCUT2D eigenvalue weighted by Crippen LogP contribution is 2.35. The Hall–Kier alpha value is -1.37. The minimum absolute atomic E-state index is 0.221. The average Bonchev–Trinajstić information content (AvgIpc) is 2.95. The molecule has 0 fully saturated rings. The molecule has 112 valence electrons. The van der Waals surface area contributed by atoms with E-state index in [1.165, 1.54) is 15.6 Å². The molecule has 0 spiro atoms. The molecule has 1 aliphatic heterocycles. The molecule has 2 heterocycles. The third-order valence-corrected chi connectivity index (χ3v) is 6.62. The van der Waals surface area contributed by atoms with E-state index >= 15 is 0 Å². The van der Waals surface area contributed by atoms with Crippen LogP contribution < -0.4 is 4.31 Å². The van der Waals surface area contributed by atoms with Gasteiger partial charge in [-0.05, 0) is 35.4 Å². The SMILES string of the molecule is CC1Cc2ccccc2N(S(=O)(=O)c2ccsc2CO)C1. The van der Waals surface area contributed by atoms with Gasteiger partial charge in [-0.15, -0.1) is 11.3 Å². The van der Waals surface area contributed by atoms with Gasteiger partial charge in [0, 0.05) is 6.54 Å². The van der Waals surface area contributed by atoms with Crippen LogP contribution in [-0.4, -0.2) is 20.1 Å². The molecule has 1 aromatic heterocycles. The van der Waals surface area contributed by atoms with Crippen LogP contribution in [0.5, 0.6) is 0 Å². The third kappa shape index (κ3) is 2.47. The van der Waals surface area contributed by atoms with E-state index in [1.54, 1.807) is 11.4 Å². The Morgan fingerprint density at radius 1 is 1.33 bits per heavy atom. The van der Waals surface area contributed by atoms with Gasteiger partial charge in [0.2, 0.25) is 0 Å². The van der Waals surface area contributed by atoms with E-state index in [0.29, 0.717) is 11.4 Å². The fourth-order valence-electron chi connectivity index (χ4n) is 2.77. The Morgan fingerprint density at radius 3 is 2.86 bits per heavy atom. The normalized spacial score (nSPS) is 18.6. The summed E-state index contributed by atoms with van der Waals surface area (Å²) in [5.74, 6) is 0.269. The summed E-state index contributed by atoms with van der Waals surface area (Å²) in [6, 6.07) is 9.20. The molecule has 0 saturated carbocycles. The maximum absolute atomic E-state index is 13.0. The minimum Gasteiger partial charge on any atom is -0.391 e. The lowest BCUT2D eigenvalue weighted by Crippen LogP contribution is -2.39. The van der Waals surface area contributed by atoms with Gasteiger partial charge in [0.15, 0.2) is 0 Å². The monoisotopic (exact) mass is 323 g/mol. The van der Waals surface area contributed by atoms with Crippen molar-refractivity contribution < 1.29 is 13.5 Å². The number of rotatable bonds is 3. The standard InChI is InChI=1S/C15H17NO3S2/c1-11-8-12-4-2-3-5-13(12)16(9-11)21(18,19)15-6-7-20-14(15)10-17/h2-7,11,17H,8-10H2,1H3. The van der Waals surface area contributed by atoms with Crippen LogP contribution in [0.15, 0.2) is 40.6 Å². The quantitative estimate of drug-likeness (QED) is 0.944. The Balaban J connectivity index is 2.12. The summed E-state index contributed by atoms with van der Waals surface area (Å²) in [7, 11) is -3.62. The van der Waals surface area contributed by atoms with Crippen molar-refractivity contribution in [3.8, 4) is 0 Å². The molecule has 0 bridgehead atoms. The molecule has 0 saturated heterocycles. The molecule has 2 aromatic rings. The van der Waals surface area contributed by atoms with Crippen LogP contribution in [0.4, 0.5) is 5.69 Å². The van der Waals surface area contributed by atoms with E-state index in [-0.39, 0.29) is 17.4 Å². The van der Waals surface area contributed by atoms with E-state index < -0.39 is 10.0 Å². The second kappa shape index (κ2) is 5.44. The topological polar surface area (TPSA) is 57.6 Å². The summed E-state index contributed by atoms with van der Waals surface area (Å²) >= 11 is 1.27. The summed E-state index contributed by atoms with van der Waals surface area (Å²) in [6.07, 6.45) is 0.888. The van der Waals surface area contributed by atoms with Crippen molar-refractivity contribution >= 4 is 27.0 Å². The van der Waals surface area contributed by atoms with Crippen molar-refractivity contribution in [1.82, 2.24) is 0 Å². The van der Waals surface area contributed by atoms with E-state index in [1.807, 2.05) is 24.3 Å². The molecule has 1 aliphatic rings. The van der Waals surface area contributed by atoms with Crippen molar-refractivity contribution in [3.05, 3.63) is 46.2 Å². The number of sulfonamides is 1. The number of anilines is 1. The van der Waals surface area contributed by atoms with Crippen LogP contribution in [-0.2, 0) is 23.1 Å². The molecule has 0 amide bonds. The lowest BCUT2D eigenvalue weighted by Gasteiger charge is -2.33. The zero-order valence-electron chi connectivity index (χ0n) is 11.7. The summed E-state index contributed by atoms with van der Waals surface area (Å²) in [5, 5.41) is 11.0. The lowest BCUT2D eigenvalue weighted by atomic mass is 9.96. The van der Waals surface area contributed by atoms with Crippen LogP contribution in [0.3, 0.4) is 0 Å². The minimum atomic E-state index is -3.62. The van der Waals surface area contributed by atoms with Crippen LogP contribution in [0.25, 0.3) is 0 Å².